The maximum Gasteiger partial charge on any atom is 0.337 e. The summed E-state index contributed by atoms with van der Waals surface area (Å²) < 4.78 is 4.65. The number of nitrogens with one attached hydrogen (secondary N) is 2. The SMILES string of the molecule is COC(=O)c1ccc(NC(=O)c2[nH]c3cc(C)ccc3c2C)cc1. The zero-order valence-corrected chi connectivity index (χ0v) is 13.8. The van der Waals surface area contributed by atoms with E-state index in [0.29, 0.717) is 16.9 Å². The molecule has 5 heteroatoms. The number of carbonyl (C=O) groups is 2. The summed E-state index contributed by atoms with van der Waals surface area (Å²) in [5.74, 6) is -0.623. The van der Waals surface area contributed by atoms with Crippen molar-refractivity contribution in [2.24, 2.45) is 0 Å². The molecule has 0 unspecified atom stereocenters. The van der Waals surface area contributed by atoms with Gasteiger partial charge in [-0.15, -0.1) is 0 Å². The molecule has 3 aromatic rings. The molecular weight excluding hydrogens is 304 g/mol. The zero-order valence-electron chi connectivity index (χ0n) is 13.8. The van der Waals surface area contributed by atoms with E-state index in [1.807, 2.05) is 32.0 Å². The number of methoxy groups -OCH3 is 1. The van der Waals surface area contributed by atoms with E-state index in [-0.39, 0.29) is 5.91 Å². The van der Waals surface area contributed by atoms with Gasteiger partial charge in [-0.2, -0.15) is 0 Å². The first-order valence-electron chi connectivity index (χ1n) is 7.58. The van der Waals surface area contributed by atoms with E-state index in [1.54, 1.807) is 24.3 Å². The van der Waals surface area contributed by atoms with Crippen LogP contribution in [0.5, 0.6) is 0 Å². The van der Waals surface area contributed by atoms with Gasteiger partial charge < -0.3 is 15.0 Å². The normalized spacial score (nSPS) is 10.6. The number of esters is 1. The van der Waals surface area contributed by atoms with Crippen LogP contribution in [0.4, 0.5) is 5.69 Å². The lowest BCUT2D eigenvalue weighted by atomic mass is 10.1. The second-order valence-electron chi connectivity index (χ2n) is 5.70. The molecule has 0 fully saturated rings. The van der Waals surface area contributed by atoms with Crippen molar-refractivity contribution >= 4 is 28.5 Å². The Bertz CT molecular complexity index is 924. The van der Waals surface area contributed by atoms with Crippen molar-refractivity contribution in [1.82, 2.24) is 4.98 Å². The molecule has 0 bridgehead atoms. The van der Waals surface area contributed by atoms with Gasteiger partial charge in [-0.1, -0.05) is 12.1 Å². The highest BCUT2D eigenvalue weighted by molar-refractivity contribution is 6.08. The van der Waals surface area contributed by atoms with Crippen LogP contribution in [0.1, 0.15) is 32.0 Å². The third-order valence-corrected chi connectivity index (χ3v) is 4.00. The minimum atomic E-state index is -0.408. The summed E-state index contributed by atoms with van der Waals surface area (Å²) in [4.78, 5) is 27.1. The number of anilines is 1. The zero-order chi connectivity index (χ0) is 17.3. The fourth-order valence-corrected chi connectivity index (χ4v) is 2.68. The van der Waals surface area contributed by atoms with Gasteiger partial charge in [-0.05, 0) is 55.3 Å². The van der Waals surface area contributed by atoms with Crippen LogP contribution in [0, 0.1) is 13.8 Å². The Morgan fingerprint density at radius 2 is 1.75 bits per heavy atom. The van der Waals surface area contributed by atoms with E-state index in [1.165, 1.54) is 7.11 Å². The molecule has 0 aliphatic carbocycles. The fraction of sp³-hybridized carbons (Fsp3) is 0.158. The summed E-state index contributed by atoms with van der Waals surface area (Å²) in [6.07, 6.45) is 0. The number of hydrogen-bond donors (Lipinski definition) is 2. The molecular formula is C19H18N2O3. The molecule has 0 atom stereocenters. The molecule has 2 aromatic carbocycles. The van der Waals surface area contributed by atoms with Crippen LogP contribution in [-0.4, -0.2) is 24.0 Å². The number of hydrogen-bond acceptors (Lipinski definition) is 3. The summed E-state index contributed by atoms with van der Waals surface area (Å²) >= 11 is 0. The Morgan fingerprint density at radius 3 is 2.42 bits per heavy atom. The van der Waals surface area contributed by atoms with Crippen LogP contribution in [0.15, 0.2) is 42.5 Å². The molecule has 0 radical (unpaired) electrons. The van der Waals surface area contributed by atoms with Crippen molar-refractivity contribution in [2.45, 2.75) is 13.8 Å². The summed E-state index contributed by atoms with van der Waals surface area (Å²) in [5, 5.41) is 3.87. The molecule has 5 nitrogen and oxygen atoms in total. The third-order valence-electron chi connectivity index (χ3n) is 4.00. The minimum absolute atomic E-state index is 0.216. The lowest BCUT2D eigenvalue weighted by molar-refractivity contribution is 0.0600. The van der Waals surface area contributed by atoms with Crippen LogP contribution >= 0.6 is 0 Å². The van der Waals surface area contributed by atoms with E-state index in [4.69, 9.17) is 0 Å². The smallest absolute Gasteiger partial charge is 0.337 e. The van der Waals surface area contributed by atoms with Crippen LogP contribution in [-0.2, 0) is 4.74 Å². The predicted molar refractivity (Wildman–Crippen MR) is 93.5 cm³/mol. The first kappa shape index (κ1) is 15.8. The molecule has 0 saturated carbocycles. The lowest BCUT2D eigenvalue weighted by Gasteiger charge is -2.06. The van der Waals surface area contributed by atoms with Crippen LogP contribution in [0.2, 0.25) is 0 Å². The number of carbonyl (C=O) groups excluding carboxylic acids is 2. The monoisotopic (exact) mass is 322 g/mol. The number of fused-ring (bicyclic) bond motifs is 1. The van der Waals surface area contributed by atoms with Crippen molar-refractivity contribution in [3.05, 3.63) is 64.8 Å². The number of aromatic nitrogens is 1. The molecule has 1 heterocycles. The van der Waals surface area contributed by atoms with Crippen molar-refractivity contribution in [2.75, 3.05) is 12.4 Å². The molecule has 0 aliphatic heterocycles. The molecule has 122 valence electrons. The van der Waals surface area contributed by atoms with Gasteiger partial charge in [0.1, 0.15) is 5.69 Å². The number of aromatic amines is 1. The Labute approximate surface area is 139 Å². The molecule has 1 amide bonds. The topological polar surface area (TPSA) is 71.2 Å². The maximum atomic E-state index is 12.5. The molecule has 3 rings (SSSR count). The van der Waals surface area contributed by atoms with Gasteiger partial charge in [0.15, 0.2) is 0 Å². The van der Waals surface area contributed by atoms with E-state index in [2.05, 4.69) is 15.0 Å². The molecule has 1 aromatic heterocycles. The van der Waals surface area contributed by atoms with Gasteiger partial charge in [0, 0.05) is 16.6 Å². The van der Waals surface area contributed by atoms with Gasteiger partial charge in [0.2, 0.25) is 0 Å². The van der Waals surface area contributed by atoms with Crippen molar-refractivity contribution < 1.29 is 14.3 Å². The van der Waals surface area contributed by atoms with E-state index >= 15 is 0 Å². The molecule has 24 heavy (non-hydrogen) atoms. The minimum Gasteiger partial charge on any atom is -0.465 e. The van der Waals surface area contributed by atoms with Gasteiger partial charge in [0.25, 0.3) is 5.91 Å². The average molecular weight is 322 g/mol. The molecule has 2 N–H and O–H groups in total. The summed E-state index contributed by atoms with van der Waals surface area (Å²) in [6.45, 7) is 3.93. The van der Waals surface area contributed by atoms with Crippen molar-refractivity contribution in [3.63, 3.8) is 0 Å². The Balaban J connectivity index is 1.85. The van der Waals surface area contributed by atoms with Crippen molar-refractivity contribution in [1.29, 1.82) is 0 Å². The highest BCUT2D eigenvalue weighted by Crippen LogP contribution is 2.23. The fourth-order valence-electron chi connectivity index (χ4n) is 2.68. The Kier molecular flexibility index (Phi) is 4.08. The second-order valence-corrected chi connectivity index (χ2v) is 5.70. The van der Waals surface area contributed by atoms with Gasteiger partial charge in [0.05, 0.1) is 12.7 Å². The number of rotatable bonds is 3. The van der Waals surface area contributed by atoms with E-state index < -0.39 is 5.97 Å². The van der Waals surface area contributed by atoms with Gasteiger partial charge in [-0.25, -0.2) is 4.79 Å². The standard InChI is InChI=1S/C19H18N2O3/c1-11-4-9-15-12(2)17(21-16(15)10-11)18(22)20-14-7-5-13(6-8-14)19(23)24-3/h4-10,21H,1-3H3,(H,20,22). The number of aryl methyl sites for hydroxylation is 2. The van der Waals surface area contributed by atoms with Gasteiger partial charge >= 0.3 is 5.97 Å². The highest BCUT2D eigenvalue weighted by atomic mass is 16.5. The highest BCUT2D eigenvalue weighted by Gasteiger charge is 2.15. The third kappa shape index (κ3) is 2.88. The maximum absolute atomic E-state index is 12.5. The largest absolute Gasteiger partial charge is 0.465 e. The molecule has 0 aliphatic rings. The second kappa shape index (κ2) is 6.20. The number of amides is 1. The average Bonchev–Trinajstić information content (AvgIpc) is 2.91. The first-order valence-corrected chi connectivity index (χ1v) is 7.58. The Hall–Kier alpha value is -3.08. The van der Waals surface area contributed by atoms with Crippen LogP contribution in [0.3, 0.4) is 0 Å². The number of ether oxygens (including phenoxy) is 1. The van der Waals surface area contributed by atoms with E-state index in [9.17, 15) is 9.59 Å². The predicted octanol–water partition coefficient (Wildman–Crippen LogP) is 3.82. The molecule has 0 saturated heterocycles. The quantitative estimate of drug-likeness (QED) is 0.720. The first-order chi connectivity index (χ1) is 11.5. The summed E-state index contributed by atoms with van der Waals surface area (Å²) in [7, 11) is 1.33. The Morgan fingerprint density at radius 1 is 1.04 bits per heavy atom. The van der Waals surface area contributed by atoms with Crippen LogP contribution in [0.25, 0.3) is 10.9 Å². The number of H-pyrrole nitrogens is 1. The van der Waals surface area contributed by atoms with E-state index in [0.717, 1.165) is 22.0 Å². The molecule has 0 spiro atoms. The van der Waals surface area contributed by atoms with Gasteiger partial charge in [-0.3, -0.25) is 4.79 Å². The van der Waals surface area contributed by atoms with Crippen molar-refractivity contribution in [3.8, 4) is 0 Å². The summed E-state index contributed by atoms with van der Waals surface area (Å²) in [5.41, 5.74) is 4.57. The summed E-state index contributed by atoms with van der Waals surface area (Å²) in [6, 6.07) is 12.6. The lowest BCUT2D eigenvalue weighted by Crippen LogP contribution is -2.13. The van der Waals surface area contributed by atoms with Crippen LogP contribution < -0.4 is 5.32 Å². The number of benzene rings is 2.